The van der Waals surface area contributed by atoms with Crippen LogP contribution in [-0.4, -0.2) is 20.2 Å². The molecule has 0 N–H and O–H groups in total. The molecule has 1 atom stereocenters. The number of ether oxygens (including phenoxy) is 2. The van der Waals surface area contributed by atoms with E-state index in [0.29, 0.717) is 0 Å². The monoisotopic (exact) mass is 324 g/mol. The lowest BCUT2D eigenvalue weighted by Gasteiger charge is -2.19. The summed E-state index contributed by atoms with van der Waals surface area (Å²) in [6, 6.07) is 14.1. The highest BCUT2D eigenvalue weighted by Gasteiger charge is 2.20. The van der Waals surface area contributed by atoms with Gasteiger partial charge in [0.2, 0.25) is 0 Å². The van der Waals surface area contributed by atoms with Crippen LogP contribution < -0.4 is 4.74 Å². The van der Waals surface area contributed by atoms with Gasteiger partial charge in [-0.1, -0.05) is 48.0 Å². The van der Waals surface area contributed by atoms with Gasteiger partial charge in [-0.25, -0.2) is 0 Å². The molecule has 0 amide bonds. The van der Waals surface area contributed by atoms with Gasteiger partial charge >= 0.3 is 5.97 Å². The number of carbonyl (C=O) groups excluding carboxylic acids is 1. The molecule has 0 radical (unpaired) electrons. The van der Waals surface area contributed by atoms with Crippen LogP contribution in [-0.2, 0) is 9.53 Å². The highest BCUT2D eigenvalue weighted by molar-refractivity contribution is 5.72. The van der Waals surface area contributed by atoms with E-state index in [1.807, 2.05) is 31.2 Å². The number of hydrogen-bond donors (Lipinski definition) is 0. The van der Waals surface area contributed by atoms with Crippen molar-refractivity contribution in [2.24, 2.45) is 0 Å². The number of rotatable bonds is 6. The zero-order valence-corrected chi connectivity index (χ0v) is 14.8. The first-order valence-electron chi connectivity index (χ1n) is 7.92. The maximum Gasteiger partial charge on any atom is 0.306 e. The van der Waals surface area contributed by atoms with E-state index in [2.05, 4.69) is 31.7 Å². The second-order valence-electron chi connectivity index (χ2n) is 6.02. The summed E-state index contributed by atoms with van der Waals surface area (Å²) in [5.74, 6) is 0.446. The zero-order chi connectivity index (χ0) is 17.7. The van der Waals surface area contributed by atoms with Crippen molar-refractivity contribution in [2.45, 2.75) is 26.2 Å². The van der Waals surface area contributed by atoms with Crippen molar-refractivity contribution in [3.63, 3.8) is 0 Å². The van der Waals surface area contributed by atoms with Crippen LogP contribution in [0.15, 0.2) is 49.0 Å². The van der Waals surface area contributed by atoms with E-state index in [-0.39, 0.29) is 18.3 Å². The summed E-state index contributed by atoms with van der Waals surface area (Å²) >= 11 is 0. The van der Waals surface area contributed by atoms with Crippen LogP contribution >= 0.6 is 0 Å². The molecule has 0 aliphatic heterocycles. The summed E-state index contributed by atoms with van der Waals surface area (Å²) in [6.07, 6.45) is 0.281. The quantitative estimate of drug-likeness (QED) is 0.721. The summed E-state index contributed by atoms with van der Waals surface area (Å²) in [5.41, 5.74) is 5.33. The molecule has 0 aliphatic carbocycles. The topological polar surface area (TPSA) is 35.5 Å². The summed E-state index contributed by atoms with van der Waals surface area (Å²) < 4.78 is 10.2. The largest absolute Gasteiger partial charge is 0.497 e. The minimum absolute atomic E-state index is 0.0921. The predicted octanol–water partition coefficient (Wildman–Crippen LogP) is 4.73. The number of carbonyl (C=O) groups is 1. The van der Waals surface area contributed by atoms with Crippen molar-refractivity contribution >= 4 is 11.5 Å². The average molecular weight is 324 g/mol. The Hall–Kier alpha value is -2.55. The molecule has 0 saturated heterocycles. The standard InChI is InChI=1S/C21H24O3/c1-14(2)17-9-15(3)10-18(11-17)20(13-21(22)24-5)16-7-6-8-19(12-16)23-4/h6-12,20H,1,13H2,2-5H3. The molecule has 1 unspecified atom stereocenters. The lowest BCUT2D eigenvalue weighted by atomic mass is 9.86. The van der Waals surface area contributed by atoms with Crippen LogP contribution in [0.2, 0.25) is 0 Å². The van der Waals surface area contributed by atoms with E-state index >= 15 is 0 Å². The minimum Gasteiger partial charge on any atom is -0.497 e. The normalized spacial score (nSPS) is 11.7. The highest BCUT2D eigenvalue weighted by Crippen LogP contribution is 2.32. The molecule has 3 heteroatoms. The van der Waals surface area contributed by atoms with Gasteiger partial charge < -0.3 is 9.47 Å². The molecule has 126 valence electrons. The van der Waals surface area contributed by atoms with E-state index in [9.17, 15) is 4.79 Å². The number of methoxy groups -OCH3 is 2. The van der Waals surface area contributed by atoms with Gasteiger partial charge in [0.25, 0.3) is 0 Å². The molecule has 24 heavy (non-hydrogen) atoms. The summed E-state index contributed by atoms with van der Waals surface area (Å²) in [4.78, 5) is 12.0. The maximum atomic E-state index is 12.0. The highest BCUT2D eigenvalue weighted by atomic mass is 16.5. The van der Waals surface area contributed by atoms with Crippen molar-refractivity contribution in [1.29, 1.82) is 0 Å². The van der Waals surface area contributed by atoms with Gasteiger partial charge in [0.1, 0.15) is 5.75 Å². The molecule has 2 rings (SSSR count). The molecular formula is C21H24O3. The molecule has 2 aromatic rings. The van der Waals surface area contributed by atoms with Crippen molar-refractivity contribution in [3.05, 3.63) is 71.3 Å². The lowest BCUT2D eigenvalue weighted by Crippen LogP contribution is -2.11. The van der Waals surface area contributed by atoms with Crippen molar-refractivity contribution in [3.8, 4) is 5.75 Å². The first kappa shape index (κ1) is 17.8. The molecule has 0 heterocycles. The number of aryl methyl sites for hydroxylation is 1. The average Bonchev–Trinajstić information content (AvgIpc) is 2.58. The Morgan fingerprint density at radius 2 is 1.88 bits per heavy atom. The van der Waals surface area contributed by atoms with Gasteiger partial charge in [-0.05, 0) is 42.7 Å². The van der Waals surface area contributed by atoms with Gasteiger partial charge in [0.05, 0.1) is 20.6 Å². The fourth-order valence-corrected chi connectivity index (χ4v) is 2.80. The third-order valence-electron chi connectivity index (χ3n) is 4.09. The van der Waals surface area contributed by atoms with Crippen molar-refractivity contribution in [2.75, 3.05) is 14.2 Å². The van der Waals surface area contributed by atoms with E-state index in [1.54, 1.807) is 7.11 Å². The van der Waals surface area contributed by atoms with Gasteiger partial charge in [-0.3, -0.25) is 4.79 Å². The Morgan fingerprint density at radius 3 is 2.50 bits per heavy atom. The van der Waals surface area contributed by atoms with E-state index in [1.165, 1.54) is 7.11 Å². The SMILES string of the molecule is C=C(C)c1cc(C)cc(C(CC(=O)OC)c2cccc(OC)c2)c1. The molecule has 0 spiro atoms. The lowest BCUT2D eigenvalue weighted by molar-refractivity contribution is -0.140. The van der Waals surface area contributed by atoms with Crippen LogP contribution in [0.25, 0.3) is 5.57 Å². The third-order valence-corrected chi connectivity index (χ3v) is 4.09. The Morgan fingerprint density at radius 1 is 1.12 bits per heavy atom. The Labute approximate surface area is 143 Å². The summed E-state index contributed by atoms with van der Waals surface area (Å²) in [7, 11) is 3.06. The van der Waals surface area contributed by atoms with Crippen LogP contribution in [0.5, 0.6) is 5.75 Å². The second-order valence-corrected chi connectivity index (χ2v) is 6.02. The Balaban J connectivity index is 2.53. The number of allylic oxidation sites excluding steroid dienone is 1. The molecular weight excluding hydrogens is 300 g/mol. The molecule has 0 saturated carbocycles. The predicted molar refractivity (Wildman–Crippen MR) is 97.4 cm³/mol. The molecule has 0 aromatic heterocycles. The smallest absolute Gasteiger partial charge is 0.306 e. The second kappa shape index (κ2) is 7.82. The first-order chi connectivity index (χ1) is 11.4. The fraction of sp³-hybridized carbons (Fsp3) is 0.286. The van der Waals surface area contributed by atoms with E-state index < -0.39 is 0 Å². The van der Waals surface area contributed by atoms with Crippen LogP contribution in [0.3, 0.4) is 0 Å². The van der Waals surface area contributed by atoms with Crippen molar-refractivity contribution in [1.82, 2.24) is 0 Å². The summed E-state index contributed by atoms with van der Waals surface area (Å²) in [5, 5.41) is 0. The number of hydrogen-bond acceptors (Lipinski definition) is 3. The maximum absolute atomic E-state index is 12.0. The molecule has 2 aromatic carbocycles. The Kier molecular flexibility index (Phi) is 5.80. The minimum atomic E-state index is -0.235. The van der Waals surface area contributed by atoms with E-state index in [4.69, 9.17) is 9.47 Å². The van der Waals surface area contributed by atoms with Gasteiger partial charge in [0, 0.05) is 5.92 Å². The zero-order valence-electron chi connectivity index (χ0n) is 14.8. The van der Waals surface area contributed by atoms with Crippen LogP contribution in [0.4, 0.5) is 0 Å². The van der Waals surface area contributed by atoms with Gasteiger partial charge in [0.15, 0.2) is 0 Å². The molecule has 0 bridgehead atoms. The summed E-state index contributed by atoms with van der Waals surface area (Å²) in [6.45, 7) is 8.07. The molecule has 3 nitrogen and oxygen atoms in total. The number of esters is 1. The van der Waals surface area contributed by atoms with Crippen LogP contribution in [0.1, 0.15) is 41.5 Å². The Bertz CT molecular complexity index is 746. The third kappa shape index (κ3) is 4.25. The van der Waals surface area contributed by atoms with E-state index in [0.717, 1.165) is 33.6 Å². The van der Waals surface area contributed by atoms with Gasteiger partial charge in [-0.2, -0.15) is 0 Å². The fourth-order valence-electron chi connectivity index (χ4n) is 2.80. The van der Waals surface area contributed by atoms with Gasteiger partial charge in [-0.15, -0.1) is 0 Å². The molecule has 0 fully saturated rings. The first-order valence-corrected chi connectivity index (χ1v) is 7.92. The molecule has 0 aliphatic rings. The van der Waals surface area contributed by atoms with Crippen molar-refractivity contribution < 1.29 is 14.3 Å². The van der Waals surface area contributed by atoms with Crippen LogP contribution in [0, 0.1) is 6.92 Å². The number of benzene rings is 2.